The standard InChI is InChI=1S/C29H42ClNO3S/c1-18-5-7-20(8-6-18)27(32)31(23-15-13-22(30)14-16-23)24-17-25(35-26(24)28(33)34)19-9-11-21(12-10-19)29(2,3)4/h9,17-18,20-23H,5-8,10-16H2,1-4H3,(H,33,34). The number of carboxylic acids is 1. The molecule has 0 aromatic carbocycles. The fraction of sp³-hybridized carbons (Fsp3) is 0.724. The average Bonchev–Trinajstić information content (AvgIpc) is 3.26. The zero-order valence-electron chi connectivity index (χ0n) is 21.8. The van der Waals surface area contributed by atoms with Gasteiger partial charge >= 0.3 is 5.97 Å². The molecule has 194 valence electrons. The van der Waals surface area contributed by atoms with Crippen LogP contribution in [0.4, 0.5) is 5.69 Å². The molecule has 0 saturated heterocycles. The zero-order valence-corrected chi connectivity index (χ0v) is 23.4. The molecule has 1 atom stereocenters. The monoisotopic (exact) mass is 519 g/mol. The number of carbonyl (C=O) groups is 2. The Morgan fingerprint density at radius 3 is 2.23 bits per heavy atom. The molecule has 35 heavy (non-hydrogen) atoms. The molecule has 2 saturated carbocycles. The number of carbonyl (C=O) groups excluding carboxylic acids is 1. The molecule has 1 heterocycles. The minimum Gasteiger partial charge on any atom is -0.477 e. The van der Waals surface area contributed by atoms with Gasteiger partial charge in [0.2, 0.25) is 5.91 Å². The number of rotatable bonds is 5. The van der Waals surface area contributed by atoms with Gasteiger partial charge in [-0.25, -0.2) is 4.79 Å². The molecule has 1 unspecified atom stereocenters. The van der Waals surface area contributed by atoms with Gasteiger partial charge in [0.15, 0.2) is 0 Å². The molecule has 1 aromatic rings. The summed E-state index contributed by atoms with van der Waals surface area (Å²) in [6, 6.07) is 2.05. The van der Waals surface area contributed by atoms with Gasteiger partial charge in [0, 0.05) is 22.2 Å². The SMILES string of the molecule is CC1CCC(C(=O)N(c2cc(C3=CCC(C(C)(C)C)CC3)sc2C(=O)O)C2CCC(Cl)CC2)CC1. The van der Waals surface area contributed by atoms with Gasteiger partial charge in [0.1, 0.15) is 4.88 Å². The van der Waals surface area contributed by atoms with Crippen molar-refractivity contribution in [2.24, 2.45) is 23.2 Å². The van der Waals surface area contributed by atoms with E-state index < -0.39 is 5.97 Å². The first-order valence-corrected chi connectivity index (χ1v) is 14.8. The van der Waals surface area contributed by atoms with E-state index in [1.165, 1.54) is 16.9 Å². The number of hydrogen-bond acceptors (Lipinski definition) is 3. The van der Waals surface area contributed by atoms with Crippen LogP contribution in [0, 0.1) is 23.2 Å². The number of aromatic carboxylic acids is 1. The molecule has 0 aliphatic heterocycles. The van der Waals surface area contributed by atoms with E-state index in [9.17, 15) is 14.7 Å². The predicted octanol–water partition coefficient (Wildman–Crippen LogP) is 8.39. The van der Waals surface area contributed by atoms with Gasteiger partial charge in [-0.1, -0.05) is 33.8 Å². The summed E-state index contributed by atoms with van der Waals surface area (Å²) >= 11 is 7.76. The van der Waals surface area contributed by atoms with Gasteiger partial charge < -0.3 is 10.0 Å². The summed E-state index contributed by atoms with van der Waals surface area (Å²) in [6.07, 6.45) is 12.8. The Morgan fingerprint density at radius 2 is 1.69 bits per heavy atom. The van der Waals surface area contributed by atoms with Crippen LogP contribution in [-0.2, 0) is 4.79 Å². The highest BCUT2D eigenvalue weighted by molar-refractivity contribution is 7.15. The Kier molecular flexibility index (Phi) is 8.37. The molecule has 2 fully saturated rings. The first-order valence-electron chi connectivity index (χ1n) is 13.6. The average molecular weight is 520 g/mol. The highest BCUT2D eigenvalue weighted by atomic mass is 35.5. The maximum Gasteiger partial charge on any atom is 0.348 e. The third-order valence-corrected chi connectivity index (χ3v) is 10.3. The lowest BCUT2D eigenvalue weighted by molar-refractivity contribution is -0.124. The Morgan fingerprint density at radius 1 is 1.03 bits per heavy atom. The van der Waals surface area contributed by atoms with E-state index in [0.29, 0.717) is 22.4 Å². The molecular formula is C29H42ClNO3S. The van der Waals surface area contributed by atoms with Crippen molar-refractivity contribution in [1.29, 1.82) is 0 Å². The van der Waals surface area contributed by atoms with E-state index >= 15 is 0 Å². The van der Waals surface area contributed by atoms with Gasteiger partial charge in [-0.05, 0) is 99.5 Å². The highest BCUT2D eigenvalue weighted by Crippen LogP contribution is 2.45. The smallest absolute Gasteiger partial charge is 0.348 e. The van der Waals surface area contributed by atoms with E-state index in [2.05, 4.69) is 33.8 Å². The number of thiophene rings is 1. The van der Waals surface area contributed by atoms with Crippen LogP contribution in [0.3, 0.4) is 0 Å². The number of alkyl halides is 1. The molecule has 1 N–H and O–H groups in total. The van der Waals surface area contributed by atoms with E-state index in [-0.39, 0.29) is 28.7 Å². The van der Waals surface area contributed by atoms with E-state index in [4.69, 9.17) is 11.6 Å². The van der Waals surface area contributed by atoms with Crippen LogP contribution in [0.2, 0.25) is 0 Å². The van der Waals surface area contributed by atoms with E-state index in [1.807, 2.05) is 11.0 Å². The molecule has 1 amide bonds. The summed E-state index contributed by atoms with van der Waals surface area (Å²) < 4.78 is 0. The topological polar surface area (TPSA) is 57.6 Å². The molecule has 3 aliphatic rings. The second-order valence-corrected chi connectivity index (χ2v) is 13.9. The lowest BCUT2D eigenvalue weighted by Crippen LogP contribution is -2.46. The summed E-state index contributed by atoms with van der Waals surface area (Å²) in [5.74, 6) is 0.499. The van der Waals surface area contributed by atoms with Crippen LogP contribution in [0.25, 0.3) is 5.57 Å². The number of allylic oxidation sites excluding steroid dienone is 2. The quantitative estimate of drug-likeness (QED) is 0.397. The van der Waals surface area contributed by atoms with Crippen molar-refractivity contribution >= 4 is 46.1 Å². The fourth-order valence-electron chi connectivity index (χ4n) is 6.21. The molecule has 6 heteroatoms. The van der Waals surface area contributed by atoms with Gasteiger partial charge in [-0.15, -0.1) is 22.9 Å². The molecule has 4 rings (SSSR count). The minimum atomic E-state index is -0.929. The van der Waals surface area contributed by atoms with Crippen molar-refractivity contribution in [3.8, 4) is 0 Å². The molecule has 0 radical (unpaired) electrons. The maximum absolute atomic E-state index is 14.0. The summed E-state index contributed by atoms with van der Waals surface area (Å²) in [4.78, 5) is 29.6. The van der Waals surface area contributed by atoms with Crippen molar-refractivity contribution < 1.29 is 14.7 Å². The van der Waals surface area contributed by atoms with Crippen LogP contribution in [0.15, 0.2) is 12.1 Å². The Labute approximate surface area is 220 Å². The van der Waals surface area contributed by atoms with Gasteiger partial charge in [0.05, 0.1) is 5.69 Å². The first kappa shape index (κ1) is 26.7. The predicted molar refractivity (Wildman–Crippen MR) is 147 cm³/mol. The van der Waals surface area contributed by atoms with Crippen molar-refractivity contribution in [3.63, 3.8) is 0 Å². The number of anilines is 1. The maximum atomic E-state index is 14.0. The van der Waals surface area contributed by atoms with Crippen LogP contribution in [-0.4, -0.2) is 28.4 Å². The second kappa shape index (κ2) is 11.0. The van der Waals surface area contributed by atoms with Crippen LogP contribution < -0.4 is 4.90 Å². The van der Waals surface area contributed by atoms with Gasteiger partial charge in [0.25, 0.3) is 0 Å². The first-order chi connectivity index (χ1) is 16.5. The molecule has 1 aromatic heterocycles. The summed E-state index contributed by atoms with van der Waals surface area (Å²) in [5, 5.41) is 10.3. The molecule has 0 spiro atoms. The number of amides is 1. The largest absolute Gasteiger partial charge is 0.477 e. The highest BCUT2D eigenvalue weighted by Gasteiger charge is 2.38. The lowest BCUT2D eigenvalue weighted by Gasteiger charge is -2.38. The van der Waals surface area contributed by atoms with Crippen molar-refractivity contribution in [1.82, 2.24) is 0 Å². The number of hydrogen-bond donors (Lipinski definition) is 1. The van der Waals surface area contributed by atoms with Crippen LogP contribution in [0.5, 0.6) is 0 Å². The molecule has 3 aliphatic carbocycles. The normalized spacial score (nSPS) is 30.0. The molecule has 0 bridgehead atoms. The number of nitrogens with zero attached hydrogens (tertiary/aromatic N) is 1. The van der Waals surface area contributed by atoms with Crippen LogP contribution >= 0.6 is 22.9 Å². The van der Waals surface area contributed by atoms with E-state index in [1.54, 1.807) is 0 Å². The van der Waals surface area contributed by atoms with Crippen molar-refractivity contribution in [2.45, 2.75) is 110 Å². The fourth-order valence-corrected chi connectivity index (χ4v) is 7.52. The number of halogens is 1. The van der Waals surface area contributed by atoms with E-state index in [0.717, 1.165) is 75.5 Å². The van der Waals surface area contributed by atoms with Crippen LogP contribution in [0.1, 0.15) is 113 Å². The molecular weight excluding hydrogens is 478 g/mol. The summed E-state index contributed by atoms with van der Waals surface area (Å²) in [7, 11) is 0. The summed E-state index contributed by atoms with van der Waals surface area (Å²) in [5.41, 5.74) is 2.14. The zero-order chi connectivity index (χ0) is 25.3. The van der Waals surface area contributed by atoms with Gasteiger partial charge in [-0.2, -0.15) is 0 Å². The molecule has 4 nitrogen and oxygen atoms in total. The Balaban J connectivity index is 1.67. The minimum absolute atomic E-state index is 0.00800. The van der Waals surface area contributed by atoms with Crippen molar-refractivity contribution in [3.05, 3.63) is 21.9 Å². The summed E-state index contributed by atoms with van der Waals surface area (Å²) in [6.45, 7) is 9.16. The lowest BCUT2D eigenvalue weighted by atomic mass is 9.73. The second-order valence-electron chi connectivity index (χ2n) is 12.3. The Bertz CT molecular complexity index is 946. The third-order valence-electron chi connectivity index (χ3n) is 8.71. The van der Waals surface area contributed by atoms with Gasteiger partial charge in [-0.3, -0.25) is 4.79 Å². The van der Waals surface area contributed by atoms with Crippen molar-refractivity contribution in [2.75, 3.05) is 4.90 Å². The number of carboxylic acid groups (broad SMARTS) is 1. The third kappa shape index (κ3) is 6.15. The Hall–Kier alpha value is -1.33.